The number of hydrogen-bond donors (Lipinski definition) is 5. The number of methoxy groups -OCH3 is 1. The van der Waals surface area contributed by atoms with Gasteiger partial charge in [0.05, 0.1) is 10.6 Å². The lowest BCUT2D eigenvalue weighted by Gasteiger charge is -2.43. The van der Waals surface area contributed by atoms with Gasteiger partial charge in [-0.2, -0.15) is 0 Å². The standard InChI is InChI=1S/C27H43ClFN3O3.C15H29N3O/c1-30-18-22(17-20-9-3-4-10-20)31-26(33)32-15-8-11-21(19-32)27(34,14-5-6-16-35-2)23-12-7-13-24(28)25(23)29;1-16-12-14(11-13-7-3-4-8-13)17-15(19)18-9-5-2-6-10-18/h7,12-13,20-22,30,34H,3-6,8-11,14-19H2,1-2H3,(H,31,33);13-14,16H,2-12H2,1H3,(H,17,19)/t21-,22-,27+;14-/m10/s1. The number of halogens is 2. The first-order valence-corrected chi connectivity index (χ1v) is 21.6. The Kier molecular flexibility index (Phi) is 19.6. The largest absolute Gasteiger partial charge is 0.385 e. The fraction of sp³-hybridized carbons (Fsp3) is 0.810. The SMILES string of the molecule is CNC[C@@H](CC1CCCC1)NC(=O)N1CCC[C@@H]([C@@](O)(CCCCOC)c2cccc(Cl)c2F)C1.CNC[C@H](CC1CCCC1)NC(=O)N1CCCCC1. The van der Waals surface area contributed by atoms with Crippen LogP contribution in [0, 0.1) is 23.6 Å². The lowest BCUT2D eigenvalue weighted by atomic mass is 9.74. The van der Waals surface area contributed by atoms with Gasteiger partial charge < -0.3 is 40.9 Å². The maximum atomic E-state index is 15.1. The Morgan fingerprint density at radius 2 is 1.39 bits per heavy atom. The number of piperidine rings is 2. The third-order valence-electron chi connectivity index (χ3n) is 12.3. The Bertz CT molecular complexity index is 1250. The summed E-state index contributed by atoms with van der Waals surface area (Å²) in [5, 5.41) is 24.9. The van der Waals surface area contributed by atoms with Crippen molar-refractivity contribution in [2.75, 3.05) is 67.1 Å². The van der Waals surface area contributed by atoms with Crippen LogP contribution in [0.5, 0.6) is 0 Å². The summed E-state index contributed by atoms with van der Waals surface area (Å²) in [4.78, 5) is 29.3. The second kappa shape index (κ2) is 23.8. The molecule has 2 heterocycles. The fourth-order valence-electron chi connectivity index (χ4n) is 9.39. The number of hydrogen-bond acceptors (Lipinski definition) is 6. The monoisotopic (exact) mass is 779 g/mol. The summed E-state index contributed by atoms with van der Waals surface area (Å²) >= 11 is 6.09. The molecule has 5 rings (SSSR count). The topological polar surface area (TPSA) is 118 Å². The Morgan fingerprint density at radius 1 is 0.833 bits per heavy atom. The van der Waals surface area contributed by atoms with Crippen molar-refractivity contribution in [3.63, 3.8) is 0 Å². The number of nitrogens with zero attached hydrogens (tertiary/aromatic N) is 2. The highest BCUT2D eigenvalue weighted by molar-refractivity contribution is 6.30. The number of rotatable bonds is 17. The number of nitrogens with one attached hydrogen (secondary N) is 4. The molecule has 1 aromatic rings. The maximum absolute atomic E-state index is 15.1. The summed E-state index contributed by atoms with van der Waals surface area (Å²) < 4.78 is 20.3. The summed E-state index contributed by atoms with van der Waals surface area (Å²) in [5.74, 6) is 0.636. The number of amides is 4. The minimum atomic E-state index is -1.41. The predicted octanol–water partition coefficient (Wildman–Crippen LogP) is 7.42. The molecule has 10 nitrogen and oxygen atoms in total. The van der Waals surface area contributed by atoms with Crippen LogP contribution >= 0.6 is 11.6 Å². The summed E-state index contributed by atoms with van der Waals surface area (Å²) in [6.45, 7) is 5.08. The van der Waals surface area contributed by atoms with Gasteiger partial charge in [0.1, 0.15) is 5.82 Å². The highest BCUT2D eigenvalue weighted by Gasteiger charge is 2.43. The number of carbonyl (C=O) groups excluding carboxylic acids is 2. The van der Waals surface area contributed by atoms with E-state index in [0.29, 0.717) is 44.5 Å². The molecule has 4 fully saturated rings. The van der Waals surface area contributed by atoms with E-state index in [9.17, 15) is 14.7 Å². The Morgan fingerprint density at radius 3 is 1.94 bits per heavy atom. The van der Waals surface area contributed by atoms with E-state index in [4.69, 9.17) is 16.3 Å². The van der Waals surface area contributed by atoms with Crippen LogP contribution in [0.15, 0.2) is 18.2 Å². The number of likely N-dealkylation sites (tertiary alicyclic amines) is 2. The van der Waals surface area contributed by atoms with Gasteiger partial charge in [0, 0.05) is 76.6 Å². The number of ether oxygens (including phenoxy) is 1. The average molecular weight is 780 g/mol. The van der Waals surface area contributed by atoms with Crippen molar-refractivity contribution in [2.45, 2.75) is 133 Å². The van der Waals surface area contributed by atoms with E-state index in [1.807, 2.05) is 19.0 Å². The van der Waals surface area contributed by atoms with E-state index in [1.54, 1.807) is 24.1 Å². The van der Waals surface area contributed by atoms with Gasteiger partial charge in [0.2, 0.25) is 0 Å². The molecule has 0 bridgehead atoms. The van der Waals surface area contributed by atoms with Crippen LogP contribution in [0.2, 0.25) is 5.02 Å². The molecule has 5 N–H and O–H groups in total. The van der Waals surface area contributed by atoms with Crippen molar-refractivity contribution in [1.82, 2.24) is 31.1 Å². The molecule has 54 heavy (non-hydrogen) atoms. The Hall–Kier alpha value is -2.18. The zero-order valence-electron chi connectivity index (χ0n) is 33.6. The van der Waals surface area contributed by atoms with Crippen LogP contribution < -0.4 is 21.3 Å². The van der Waals surface area contributed by atoms with Crippen LogP contribution in [0.4, 0.5) is 14.0 Å². The van der Waals surface area contributed by atoms with Crippen molar-refractivity contribution in [3.8, 4) is 0 Å². The molecule has 4 atom stereocenters. The van der Waals surface area contributed by atoms with Gasteiger partial charge in [-0.1, -0.05) is 75.1 Å². The number of unbranched alkanes of at least 4 members (excludes halogenated alkanes) is 1. The highest BCUT2D eigenvalue weighted by Crippen LogP contribution is 2.42. The lowest BCUT2D eigenvalue weighted by Crippen LogP contribution is -2.54. The van der Waals surface area contributed by atoms with Crippen molar-refractivity contribution in [1.29, 1.82) is 0 Å². The first-order valence-electron chi connectivity index (χ1n) is 21.2. The molecule has 2 aliphatic heterocycles. The molecule has 4 aliphatic rings. The molecule has 1 aromatic carbocycles. The van der Waals surface area contributed by atoms with Gasteiger partial charge >= 0.3 is 12.1 Å². The van der Waals surface area contributed by atoms with E-state index >= 15 is 4.39 Å². The van der Waals surface area contributed by atoms with Crippen molar-refractivity contribution in [2.24, 2.45) is 17.8 Å². The third kappa shape index (κ3) is 13.8. The maximum Gasteiger partial charge on any atom is 0.317 e. The number of urea groups is 2. The highest BCUT2D eigenvalue weighted by atomic mass is 35.5. The van der Waals surface area contributed by atoms with Crippen LogP contribution in [-0.2, 0) is 10.3 Å². The van der Waals surface area contributed by atoms with Gasteiger partial charge in [0.15, 0.2) is 0 Å². The molecular formula is C42H72ClFN6O4. The first-order chi connectivity index (χ1) is 26.2. The molecule has 2 saturated heterocycles. The van der Waals surface area contributed by atoms with E-state index < -0.39 is 11.4 Å². The molecule has 0 aromatic heterocycles. The van der Waals surface area contributed by atoms with E-state index in [0.717, 1.165) is 77.0 Å². The molecule has 0 unspecified atom stereocenters. The van der Waals surface area contributed by atoms with Gasteiger partial charge in [-0.3, -0.25) is 0 Å². The van der Waals surface area contributed by atoms with E-state index in [1.165, 1.54) is 63.9 Å². The minimum Gasteiger partial charge on any atom is -0.385 e. The molecule has 0 spiro atoms. The van der Waals surface area contributed by atoms with Crippen molar-refractivity contribution >= 4 is 23.7 Å². The summed E-state index contributed by atoms with van der Waals surface area (Å²) in [6, 6.07) is 5.23. The molecule has 4 amide bonds. The molecule has 0 radical (unpaired) electrons. The normalized spacial score (nSPS) is 21.9. The van der Waals surface area contributed by atoms with E-state index in [2.05, 4.69) is 21.3 Å². The zero-order chi connectivity index (χ0) is 38.8. The summed E-state index contributed by atoms with van der Waals surface area (Å²) in [6.07, 6.45) is 19.5. The summed E-state index contributed by atoms with van der Waals surface area (Å²) in [5.41, 5.74) is -1.18. The zero-order valence-corrected chi connectivity index (χ0v) is 34.4. The second-order valence-electron chi connectivity index (χ2n) is 16.5. The minimum absolute atomic E-state index is 0.00467. The van der Waals surface area contributed by atoms with Crippen molar-refractivity contribution < 1.29 is 23.8 Å². The molecule has 2 aliphatic carbocycles. The number of likely N-dealkylation sites (N-methyl/N-ethyl adjacent to an activating group) is 2. The van der Waals surface area contributed by atoms with Gasteiger partial charge in [-0.05, 0) is 96.2 Å². The number of carbonyl (C=O) groups is 2. The smallest absolute Gasteiger partial charge is 0.317 e. The van der Waals surface area contributed by atoms with Crippen molar-refractivity contribution in [3.05, 3.63) is 34.6 Å². The predicted molar refractivity (Wildman–Crippen MR) is 216 cm³/mol. The number of benzene rings is 1. The molecule has 308 valence electrons. The van der Waals surface area contributed by atoms with Gasteiger partial charge in [0.25, 0.3) is 0 Å². The summed E-state index contributed by atoms with van der Waals surface area (Å²) in [7, 11) is 5.52. The quantitative estimate of drug-likeness (QED) is 0.105. The molecular weight excluding hydrogens is 707 g/mol. The molecule has 12 heteroatoms. The van der Waals surface area contributed by atoms with Crippen LogP contribution in [-0.4, -0.2) is 106 Å². The Balaban J connectivity index is 0.000000287. The lowest BCUT2D eigenvalue weighted by molar-refractivity contribution is -0.0587. The van der Waals surface area contributed by atoms with Crippen LogP contribution in [0.3, 0.4) is 0 Å². The van der Waals surface area contributed by atoms with Gasteiger partial charge in [-0.15, -0.1) is 0 Å². The first kappa shape index (κ1) is 44.5. The molecule has 2 saturated carbocycles. The fourth-order valence-corrected chi connectivity index (χ4v) is 9.57. The van der Waals surface area contributed by atoms with Crippen LogP contribution in [0.25, 0.3) is 0 Å². The second-order valence-corrected chi connectivity index (χ2v) is 16.9. The van der Waals surface area contributed by atoms with E-state index in [-0.39, 0.29) is 34.6 Å². The van der Waals surface area contributed by atoms with Crippen LogP contribution in [0.1, 0.15) is 121 Å². The Labute approximate surface area is 330 Å². The third-order valence-corrected chi connectivity index (χ3v) is 12.6. The number of aliphatic hydroxyl groups is 1. The average Bonchev–Trinajstić information content (AvgIpc) is 3.90. The van der Waals surface area contributed by atoms with Gasteiger partial charge in [-0.25, -0.2) is 14.0 Å².